The molecule has 4 nitrogen and oxygen atoms in total. The number of hydrogen-bond acceptors (Lipinski definition) is 3. The summed E-state index contributed by atoms with van der Waals surface area (Å²) in [4.78, 5) is 3.24. The topological polar surface area (TPSA) is 43.5 Å². The molecule has 1 N–H and O–H groups in total. The van der Waals surface area contributed by atoms with Crippen LogP contribution >= 0.6 is 0 Å². The largest absolute Gasteiger partial charge is 0.493 e. The molecule has 0 radical (unpaired) electrons. The summed E-state index contributed by atoms with van der Waals surface area (Å²) in [6.07, 6.45) is 0. The van der Waals surface area contributed by atoms with Crippen molar-refractivity contribution in [3.63, 3.8) is 0 Å². The molecule has 1 aromatic carbocycles. The van der Waals surface area contributed by atoms with Gasteiger partial charge in [-0.15, -0.1) is 0 Å². The summed E-state index contributed by atoms with van der Waals surface area (Å²) in [5.41, 5.74) is 2.00. The Bertz CT molecular complexity index is 517. The number of fused-ring (bicyclic) bond motifs is 1. The van der Waals surface area contributed by atoms with Gasteiger partial charge >= 0.3 is 0 Å². The Morgan fingerprint density at radius 2 is 1.50 bits per heavy atom. The van der Waals surface area contributed by atoms with E-state index in [4.69, 9.17) is 14.2 Å². The average Bonchev–Trinajstić information content (AvgIpc) is 2.78. The summed E-state index contributed by atoms with van der Waals surface area (Å²) in [6, 6.07) is 3.97. The third-order valence-corrected chi connectivity index (χ3v) is 2.55. The van der Waals surface area contributed by atoms with Gasteiger partial charge < -0.3 is 19.2 Å². The Labute approximate surface area is 108 Å². The number of benzene rings is 1. The van der Waals surface area contributed by atoms with Gasteiger partial charge in [0.15, 0.2) is 11.5 Å². The van der Waals surface area contributed by atoms with Gasteiger partial charge in [-0.1, -0.05) is 13.8 Å². The van der Waals surface area contributed by atoms with E-state index in [0.717, 1.165) is 16.6 Å². The van der Waals surface area contributed by atoms with E-state index in [1.165, 1.54) is 0 Å². The van der Waals surface area contributed by atoms with Gasteiger partial charge in [-0.25, -0.2) is 0 Å². The summed E-state index contributed by atoms with van der Waals surface area (Å²) in [7, 11) is 4.83. The lowest BCUT2D eigenvalue weighted by molar-refractivity contribution is 0.327. The van der Waals surface area contributed by atoms with Gasteiger partial charge in [0.25, 0.3) is 0 Å². The van der Waals surface area contributed by atoms with Crippen LogP contribution in [0.2, 0.25) is 0 Å². The number of aromatic amines is 1. The van der Waals surface area contributed by atoms with Crippen LogP contribution in [0.1, 0.15) is 19.5 Å². The van der Waals surface area contributed by atoms with Crippen molar-refractivity contribution in [2.75, 3.05) is 21.3 Å². The molecule has 0 atom stereocenters. The van der Waals surface area contributed by atoms with Gasteiger partial charge in [0, 0.05) is 11.1 Å². The maximum absolute atomic E-state index is 5.37. The standard InChI is InChI=1S/C12H15NO3.C2H6/c1-7-5-8-6-9(14-2)11(15-3)12(16-4)10(8)13-7;1-2/h5-6,13H,1-4H3;1-2H3. The molecule has 1 aromatic heterocycles. The average molecular weight is 251 g/mol. The first-order valence-electron chi connectivity index (χ1n) is 5.99. The molecule has 0 unspecified atom stereocenters. The molecule has 0 aliphatic heterocycles. The Balaban J connectivity index is 0.000000771. The highest BCUT2D eigenvalue weighted by Gasteiger charge is 2.16. The molecule has 18 heavy (non-hydrogen) atoms. The lowest BCUT2D eigenvalue weighted by Crippen LogP contribution is -1.95. The molecular formula is C14H21NO3. The molecule has 100 valence electrons. The zero-order valence-corrected chi connectivity index (χ0v) is 11.9. The van der Waals surface area contributed by atoms with E-state index in [1.54, 1.807) is 21.3 Å². The summed E-state index contributed by atoms with van der Waals surface area (Å²) in [5, 5.41) is 1.05. The van der Waals surface area contributed by atoms with Crippen LogP contribution in [0.15, 0.2) is 12.1 Å². The lowest BCUT2D eigenvalue weighted by Gasteiger charge is -2.12. The van der Waals surface area contributed by atoms with E-state index in [9.17, 15) is 0 Å². The van der Waals surface area contributed by atoms with Gasteiger partial charge in [-0.05, 0) is 19.1 Å². The van der Waals surface area contributed by atoms with Crippen molar-refractivity contribution in [1.82, 2.24) is 4.98 Å². The third-order valence-electron chi connectivity index (χ3n) is 2.55. The van der Waals surface area contributed by atoms with Crippen LogP contribution < -0.4 is 14.2 Å². The Morgan fingerprint density at radius 1 is 0.889 bits per heavy atom. The van der Waals surface area contributed by atoms with E-state index in [2.05, 4.69) is 4.98 Å². The molecule has 0 spiro atoms. The summed E-state index contributed by atoms with van der Waals surface area (Å²) in [6.45, 7) is 6.00. The molecule has 0 amide bonds. The van der Waals surface area contributed by atoms with Crippen molar-refractivity contribution in [1.29, 1.82) is 0 Å². The smallest absolute Gasteiger partial charge is 0.205 e. The van der Waals surface area contributed by atoms with Gasteiger partial charge in [-0.3, -0.25) is 0 Å². The van der Waals surface area contributed by atoms with Crippen molar-refractivity contribution < 1.29 is 14.2 Å². The van der Waals surface area contributed by atoms with Crippen LogP contribution in [0.5, 0.6) is 17.2 Å². The number of nitrogens with one attached hydrogen (secondary N) is 1. The number of methoxy groups -OCH3 is 3. The molecule has 0 saturated carbocycles. The molecule has 0 saturated heterocycles. The van der Waals surface area contributed by atoms with Crippen molar-refractivity contribution in [2.45, 2.75) is 20.8 Å². The predicted octanol–water partition coefficient (Wildman–Crippen LogP) is 3.53. The van der Waals surface area contributed by atoms with Gasteiger partial charge in [-0.2, -0.15) is 0 Å². The molecule has 4 heteroatoms. The van der Waals surface area contributed by atoms with Crippen LogP contribution in [0.25, 0.3) is 10.9 Å². The predicted molar refractivity (Wildman–Crippen MR) is 74.0 cm³/mol. The Morgan fingerprint density at radius 3 is 2.00 bits per heavy atom. The fourth-order valence-corrected chi connectivity index (χ4v) is 1.88. The van der Waals surface area contributed by atoms with Crippen LogP contribution in [0.4, 0.5) is 0 Å². The maximum atomic E-state index is 5.37. The van der Waals surface area contributed by atoms with E-state index < -0.39 is 0 Å². The van der Waals surface area contributed by atoms with Crippen molar-refractivity contribution >= 4 is 10.9 Å². The molecule has 0 bridgehead atoms. The Hall–Kier alpha value is -1.84. The van der Waals surface area contributed by atoms with Gasteiger partial charge in [0.05, 0.1) is 26.8 Å². The van der Waals surface area contributed by atoms with Crippen LogP contribution in [-0.2, 0) is 0 Å². The minimum Gasteiger partial charge on any atom is -0.493 e. The minimum absolute atomic E-state index is 0.611. The fourth-order valence-electron chi connectivity index (χ4n) is 1.88. The number of H-pyrrole nitrogens is 1. The summed E-state index contributed by atoms with van der Waals surface area (Å²) >= 11 is 0. The summed E-state index contributed by atoms with van der Waals surface area (Å²) in [5.74, 6) is 1.95. The first-order chi connectivity index (χ1) is 8.71. The Kier molecular flexibility index (Phi) is 4.89. The third kappa shape index (κ3) is 2.37. The second-order valence-corrected chi connectivity index (χ2v) is 3.56. The molecule has 2 rings (SSSR count). The monoisotopic (exact) mass is 251 g/mol. The quantitative estimate of drug-likeness (QED) is 0.907. The second-order valence-electron chi connectivity index (χ2n) is 3.56. The molecule has 2 aromatic rings. The molecule has 1 heterocycles. The number of aryl methyl sites for hydroxylation is 1. The van der Waals surface area contributed by atoms with Crippen LogP contribution in [0, 0.1) is 6.92 Å². The van der Waals surface area contributed by atoms with Crippen molar-refractivity contribution in [3.8, 4) is 17.2 Å². The zero-order valence-electron chi connectivity index (χ0n) is 11.9. The number of ether oxygens (including phenoxy) is 3. The number of hydrogen-bond donors (Lipinski definition) is 1. The maximum Gasteiger partial charge on any atom is 0.205 e. The van der Waals surface area contributed by atoms with Crippen molar-refractivity contribution in [2.24, 2.45) is 0 Å². The first kappa shape index (κ1) is 14.2. The first-order valence-corrected chi connectivity index (χ1v) is 5.99. The molecule has 0 aliphatic rings. The van der Waals surface area contributed by atoms with E-state index in [-0.39, 0.29) is 0 Å². The highest BCUT2D eigenvalue weighted by atomic mass is 16.5. The van der Waals surface area contributed by atoms with Crippen LogP contribution in [-0.4, -0.2) is 26.3 Å². The normalized spacial score (nSPS) is 9.67. The number of rotatable bonds is 3. The van der Waals surface area contributed by atoms with Crippen LogP contribution in [0.3, 0.4) is 0 Å². The fraction of sp³-hybridized carbons (Fsp3) is 0.429. The van der Waals surface area contributed by atoms with Gasteiger partial charge in [0.1, 0.15) is 0 Å². The SMILES string of the molecule is CC.COc1cc2cc(C)[nH]c2c(OC)c1OC. The molecule has 0 fully saturated rings. The second kappa shape index (κ2) is 6.19. The highest BCUT2D eigenvalue weighted by molar-refractivity contribution is 5.91. The van der Waals surface area contributed by atoms with Gasteiger partial charge in [0.2, 0.25) is 5.75 Å². The highest BCUT2D eigenvalue weighted by Crippen LogP contribution is 2.42. The van der Waals surface area contributed by atoms with E-state index >= 15 is 0 Å². The lowest BCUT2D eigenvalue weighted by atomic mass is 10.2. The molecule has 0 aliphatic carbocycles. The van der Waals surface area contributed by atoms with E-state index in [0.29, 0.717) is 17.2 Å². The minimum atomic E-state index is 0.611. The van der Waals surface area contributed by atoms with Crippen molar-refractivity contribution in [3.05, 3.63) is 17.8 Å². The summed E-state index contributed by atoms with van der Waals surface area (Å²) < 4.78 is 16.0. The number of aromatic nitrogens is 1. The van der Waals surface area contributed by atoms with E-state index in [1.807, 2.05) is 32.9 Å². The zero-order chi connectivity index (χ0) is 13.7. The molecular weight excluding hydrogens is 230 g/mol.